The summed E-state index contributed by atoms with van der Waals surface area (Å²) in [6, 6.07) is 1.91. The highest BCUT2D eigenvalue weighted by Gasteiger charge is 2.07. The predicted octanol–water partition coefficient (Wildman–Crippen LogP) is 2.50. The SMILES string of the molecule is CSc1cc(C=O)c(F)cc1F. The molecular weight excluding hydrogens is 182 g/mol. The molecule has 0 atom stereocenters. The summed E-state index contributed by atoms with van der Waals surface area (Å²) in [6.45, 7) is 0. The fourth-order valence-electron chi connectivity index (χ4n) is 0.792. The van der Waals surface area contributed by atoms with Crippen molar-refractivity contribution in [2.75, 3.05) is 6.26 Å². The van der Waals surface area contributed by atoms with Crippen molar-refractivity contribution in [1.29, 1.82) is 0 Å². The van der Waals surface area contributed by atoms with Crippen molar-refractivity contribution in [3.8, 4) is 0 Å². The smallest absolute Gasteiger partial charge is 0.153 e. The van der Waals surface area contributed by atoms with Crippen LogP contribution in [0.15, 0.2) is 17.0 Å². The topological polar surface area (TPSA) is 17.1 Å². The fraction of sp³-hybridized carbons (Fsp3) is 0.125. The molecule has 4 heteroatoms. The highest BCUT2D eigenvalue weighted by atomic mass is 32.2. The number of hydrogen-bond acceptors (Lipinski definition) is 2. The van der Waals surface area contributed by atoms with Gasteiger partial charge >= 0.3 is 0 Å². The van der Waals surface area contributed by atoms with Crippen molar-refractivity contribution in [3.05, 3.63) is 29.3 Å². The highest BCUT2D eigenvalue weighted by molar-refractivity contribution is 7.98. The van der Waals surface area contributed by atoms with E-state index in [0.717, 1.165) is 17.8 Å². The molecule has 0 radical (unpaired) electrons. The second-order valence-corrected chi connectivity index (χ2v) is 2.97. The summed E-state index contributed by atoms with van der Waals surface area (Å²) >= 11 is 1.13. The lowest BCUT2D eigenvalue weighted by molar-refractivity contribution is 0.111. The van der Waals surface area contributed by atoms with E-state index in [2.05, 4.69) is 0 Å². The van der Waals surface area contributed by atoms with Crippen molar-refractivity contribution in [1.82, 2.24) is 0 Å². The Labute approximate surface area is 72.8 Å². The third-order valence-corrected chi connectivity index (χ3v) is 2.15. The van der Waals surface area contributed by atoms with Crippen molar-refractivity contribution in [3.63, 3.8) is 0 Å². The molecule has 1 nitrogen and oxygen atoms in total. The molecule has 0 aliphatic heterocycles. The van der Waals surface area contributed by atoms with Crippen LogP contribution in [0.3, 0.4) is 0 Å². The number of benzene rings is 1. The van der Waals surface area contributed by atoms with E-state index in [1.807, 2.05) is 0 Å². The van der Waals surface area contributed by atoms with E-state index in [4.69, 9.17) is 0 Å². The maximum absolute atomic E-state index is 12.8. The number of hydrogen-bond donors (Lipinski definition) is 0. The van der Waals surface area contributed by atoms with Crippen LogP contribution in [0.1, 0.15) is 10.4 Å². The summed E-state index contributed by atoms with van der Waals surface area (Å²) in [7, 11) is 0. The summed E-state index contributed by atoms with van der Waals surface area (Å²) in [5.74, 6) is -1.45. The third kappa shape index (κ3) is 1.64. The average Bonchev–Trinajstić information content (AvgIpc) is 2.05. The van der Waals surface area contributed by atoms with Crippen molar-refractivity contribution < 1.29 is 13.6 Å². The van der Waals surface area contributed by atoms with E-state index in [1.54, 1.807) is 6.26 Å². The van der Waals surface area contributed by atoms with Gasteiger partial charge in [0.25, 0.3) is 0 Å². The Kier molecular flexibility index (Phi) is 2.81. The molecule has 1 aromatic carbocycles. The first kappa shape index (κ1) is 9.19. The largest absolute Gasteiger partial charge is 0.298 e. The Bertz CT molecular complexity index is 312. The molecule has 64 valence electrons. The van der Waals surface area contributed by atoms with Crippen LogP contribution in [0.4, 0.5) is 8.78 Å². The average molecular weight is 188 g/mol. The van der Waals surface area contributed by atoms with Crippen molar-refractivity contribution >= 4 is 18.0 Å². The van der Waals surface area contributed by atoms with E-state index in [-0.39, 0.29) is 10.5 Å². The molecule has 0 unspecified atom stereocenters. The van der Waals surface area contributed by atoms with Crippen molar-refractivity contribution in [2.24, 2.45) is 0 Å². The Morgan fingerprint density at radius 2 is 2.00 bits per heavy atom. The summed E-state index contributed by atoms with van der Waals surface area (Å²) in [4.78, 5) is 10.5. The number of rotatable bonds is 2. The molecule has 12 heavy (non-hydrogen) atoms. The van der Waals surface area contributed by atoms with Crippen LogP contribution in [0.2, 0.25) is 0 Å². The molecule has 0 aliphatic rings. The van der Waals surface area contributed by atoms with Gasteiger partial charge in [-0.1, -0.05) is 0 Å². The first-order chi connectivity index (χ1) is 5.69. The Hall–Kier alpha value is -0.900. The van der Waals surface area contributed by atoms with Gasteiger partial charge in [0, 0.05) is 11.0 Å². The maximum Gasteiger partial charge on any atom is 0.153 e. The molecule has 0 aliphatic carbocycles. The van der Waals surface area contributed by atoms with Gasteiger partial charge < -0.3 is 0 Å². The molecule has 0 saturated carbocycles. The molecule has 0 spiro atoms. The molecule has 0 bridgehead atoms. The predicted molar refractivity (Wildman–Crippen MR) is 43.5 cm³/mol. The van der Waals surface area contributed by atoms with Crippen molar-refractivity contribution in [2.45, 2.75) is 4.90 Å². The van der Waals surface area contributed by atoms with Gasteiger partial charge in [0.05, 0.1) is 5.56 Å². The van der Waals surface area contributed by atoms with Crippen LogP contribution in [0.25, 0.3) is 0 Å². The second-order valence-electron chi connectivity index (χ2n) is 2.13. The summed E-state index contributed by atoms with van der Waals surface area (Å²) in [5, 5.41) is 0. The van der Waals surface area contributed by atoms with Crippen LogP contribution in [-0.2, 0) is 0 Å². The number of carbonyl (C=O) groups is 1. The maximum atomic E-state index is 12.8. The monoisotopic (exact) mass is 188 g/mol. The molecule has 1 rings (SSSR count). The fourth-order valence-corrected chi connectivity index (χ4v) is 1.29. The van der Waals surface area contributed by atoms with Crippen LogP contribution < -0.4 is 0 Å². The van der Waals surface area contributed by atoms with Gasteiger partial charge in [0.15, 0.2) is 6.29 Å². The second kappa shape index (κ2) is 3.67. The molecular formula is C8H6F2OS. The van der Waals surface area contributed by atoms with Gasteiger partial charge in [-0.05, 0) is 12.3 Å². The van der Waals surface area contributed by atoms with Gasteiger partial charge in [-0.15, -0.1) is 11.8 Å². The Balaban J connectivity index is 3.26. The van der Waals surface area contributed by atoms with Gasteiger partial charge in [0.2, 0.25) is 0 Å². The molecule has 0 amide bonds. The van der Waals surface area contributed by atoms with E-state index in [1.165, 1.54) is 6.07 Å². The molecule has 0 N–H and O–H groups in total. The third-order valence-electron chi connectivity index (χ3n) is 1.40. The van der Waals surface area contributed by atoms with Crippen LogP contribution in [0.5, 0.6) is 0 Å². The normalized spacial score (nSPS) is 9.92. The first-order valence-corrected chi connectivity index (χ1v) is 4.39. The number of halogens is 2. The van der Waals surface area contributed by atoms with E-state index in [9.17, 15) is 13.6 Å². The number of carbonyl (C=O) groups excluding carboxylic acids is 1. The molecule has 0 fully saturated rings. The molecule has 0 aromatic heterocycles. The zero-order valence-electron chi connectivity index (χ0n) is 6.30. The molecule has 0 heterocycles. The minimum atomic E-state index is -0.819. The van der Waals surface area contributed by atoms with Gasteiger partial charge in [-0.25, -0.2) is 8.78 Å². The van der Waals surface area contributed by atoms with Crippen LogP contribution in [-0.4, -0.2) is 12.5 Å². The number of thioether (sulfide) groups is 1. The van der Waals surface area contributed by atoms with E-state index >= 15 is 0 Å². The summed E-state index contributed by atoms with van der Waals surface area (Å²) in [6.07, 6.45) is 2.03. The lowest BCUT2D eigenvalue weighted by atomic mass is 10.2. The zero-order chi connectivity index (χ0) is 9.14. The van der Waals surface area contributed by atoms with Gasteiger partial charge in [0.1, 0.15) is 11.6 Å². The minimum Gasteiger partial charge on any atom is -0.298 e. The lowest BCUT2D eigenvalue weighted by Gasteiger charge is -2.00. The van der Waals surface area contributed by atoms with E-state index < -0.39 is 11.6 Å². The quantitative estimate of drug-likeness (QED) is 0.524. The van der Waals surface area contributed by atoms with Gasteiger partial charge in [-0.3, -0.25) is 4.79 Å². The summed E-state index contributed by atoms with van der Waals surface area (Å²) in [5.41, 5.74) is -0.110. The standard InChI is InChI=1S/C8H6F2OS/c1-12-8-2-5(4-11)6(9)3-7(8)10/h2-4H,1H3. The van der Waals surface area contributed by atoms with Crippen LogP contribution in [0, 0.1) is 11.6 Å². The summed E-state index contributed by atoms with van der Waals surface area (Å²) < 4.78 is 25.5. The molecule has 0 saturated heterocycles. The van der Waals surface area contributed by atoms with E-state index in [0.29, 0.717) is 6.29 Å². The minimum absolute atomic E-state index is 0.110. The lowest BCUT2D eigenvalue weighted by Crippen LogP contribution is -1.91. The molecule has 1 aromatic rings. The Morgan fingerprint density at radius 1 is 1.33 bits per heavy atom. The zero-order valence-corrected chi connectivity index (χ0v) is 7.12. The van der Waals surface area contributed by atoms with Crippen LogP contribution >= 0.6 is 11.8 Å². The first-order valence-electron chi connectivity index (χ1n) is 3.17. The number of aldehydes is 1. The highest BCUT2D eigenvalue weighted by Crippen LogP contribution is 2.21. The Morgan fingerprint density at radius 3 is 2.50 bits per heavy atom. The van der Waals surface area contributed by atoms with Gasteiger partial charge in [-0.2, -0.15) is 0 Å².